The van der Waals surface area contributed by atoms with Crippen molar-refractivity contribution < 1.29 is 9.53 Å². The topological polar surface area (TPSA) is 67.4 Å². The molecule has 0 saturated carbocycles. The van der Waals surface area contributed by atoms with Crippen LogP contribution in [0.25, 0.3) is 0 Å². The van der Waals surface area contributed by atoms with Gasteiger partial charge < -0.3 is 15.0 Å². The van der Waals surface area contributed by atoms with E-state index in [0.29, 0.717) is 11.6 Å². The van der Waals surface area contributed by atoms with Crippen molar-refractivity contribution in [1.82, 2.24) is 14.9 Å². The molecule has 6 heteroatoms. The van der Waals surface area contributed by atoms with Gasteiger partial charge in [-0.25, -0.2) is 4.98 Å². The number of aromatic nitrogens is 2. The summed E-state index contributed by atoms with van der Waals surface area (Å²) in [5, 5.41) is 3.52. The van der Waals surface area contributed by atoms with E-state index in [1.54, 1.807) is 18.5 Å². The van der Waals surface area contributed by atoms with E-state index in [1.165, 1.54) is 0 Å². The van der Waals surface area contributed by atoms with Crippen LogP contribution in [0.5, 0.6) is 0 Å². The zero-order valence-corrected chi connectivity index (χ0v) is 14.8. The third-order valence-corrected chi connectivity index (χ3v) is 5.31. The summed E-state index contributed by atoms with van der Waals surface area (Å²) in [5.41, 5.74) is 0.526. The van der Waals surface area contributed by atoms with Gasteiger partial charge in [0.2, 0.25) is 0 Å². The summed E-state index contributed by atoms with van der Waals surface area (Å²) >= 11 is 0. The molecule has 1 N–H and O–H groups in total. The molecule has 2 aromatic heterocycles. The summed E-state index contributed by atoms with van der Waals surface area (Å²) < 4.78 is 6.05. The van der Waals surface area contributed by atoms with Crippen LogP contribution in [0, 0.1) is 5.92 Å². The fourth-order valence-corrected chi connectivity index (χ4v) is 3.95. The summed E-state index contributed by atoms with van der Waals surface area (Å²) in [6.45, 7) is 2.30. The molecule has 4 heterocycles. The molecule has 136 valence electrons. The monoisotopic (exact) mass is 352 g/mol. The molecule has 6 nitrogen and oxygen atoms in total. The zero-order chi connectivity index (χ0) is 17.8. The lowest BCUT2D eigenvalue weighted by Gasteiger charge is -2.36. The number of hydrogen-bond acceptors (Lipinski definition) is 5. The molecule has 4 rings (SSSR count). The second kappa shape index (κ2) is 7.83. The fourth-order valence-electron chi connectivity index (χ4n) is 3.95. The molecule has 0 unspecified atom stereocenters. The minimum absolute atomic E-state index is 0.0274. The molecule has 2 aliphatic heterocycles. The van der Waals surface area contributed by atoms with Gasteiger partial charge in [-0.3, -0.25) is 9.78 Å². The highest BCUT2D eigenvalue weighted by atomic mass is 16.5. The number of likely N-dealkylation sites (tertiary alicyclic amines) is 1. The van der Waals surface area contributed by atoms with E-state index >= 15 is 0 Å². The van der Waals surface area contributed by atoms with Gasteiger partial charge in [0.15, 0.2) is 0 Å². The van der Waals surface area contributed by atoms with E-state index in [-0.39, 0.29) is 18.1 Å². The maximum atomic E-state index is 12.5. The second-order valence-electron chi connectivity index (χ2n) is 6.93. The third kappa shape index (κ3) is 3.70. The van der Waals surface area contributed by atoms with E-state index < -0.39 is 0 Å². The van der Waals surface area contributed by atoms with Crippen LogP contribution in [0.4, 0.5) is 5.82 Å². The number of pyridine rings is 2. The number of carbonyl (C=O) groups excluding carboxylic acids is 1. The first kappa shape index (κ1) is 17.0. The maximum absolute atomic E-state index is 12.5. The minimum atomic E-state index is 0.0274. The fraction of sp³-hybridized carbons (Fsp3) is 0.450. The number of piperidine rings is 1. The first-order chi connectivity index (χ1) is 12.8. The standard InChI is InChI=1S/C20H24N4O2/c25-20(17-5-1-3-10-21-17)24-12-7-15(8-13-24)19-16(9-14-26-19)23-18-6-2-4-11-22-18/h1-6,10-11,15-16,19H,7-9,12-14H2,(H,22,23)/t16-,19+/m1/s1. The van der Waals surface area contributed by atoms with Crippen molar-refractivity contribution in [3.63, 3.8) is 0 Å². The highest BCUT2D eigenvalue weighted by molar-refractivity contribution is 5.92. The molecule has 0 bridgehead atoms. The van der Waals surface area contributed by atoms with Crippen LogP contribution >= 0.6 is 0 Å². The molecule has 1 amide bonds. The Morgan fingerprint density at radius 2 is 1.81 bits per heavy atom. The Hall–Kier alpha value is -2.47. The van der Waals surface area contributed by atoms with E-state index in [1.807, 2.05) is 35.2 Å². The van der Waals surface area contributed by atoms with Crippen LogP contribution in [0.1, 0.15) is 29.8 Å². The van der Waals surface area contributed by atoms with Gasteiger partial charge >= 0.3 is 0 Å². The number of anilines is 1. The normalized spacial score (nSPS) is 23.8. The van der Waals surface area contributed by atoms with Gasteiger partial charge in [-0.15, -0.1) is 0 Å². The van der Waals surface area contributed by atoms with Gasteiger partial charge in [0.1, 0.15) is 11.5 Å². The van der Waals surface area contributed by atoms with E-state index in [9.17, 15) is 4.79 Å². The Morgan fingerprint density at radius 3 is 2.50 bits per heavy atom. The van der Waals surface area contributed by atoms with Crippen LogP contribution in [0.15, 0.2) is 48.8 Å². The van der Waals surface area contributed by atoms with Crippen LogP contribution < -0.4 is 5.32 Å². The Bertz CT molecular complexity index is 717. The van der Waals surface area contributed by atoms with Crippen LogP contribution in [0.2, 0.25) is 0 Å². The molecule has 0 aromatic carbocycles. The molecule has 0 spiro atoms. The van der Waals surface area contributed by atoms with E-state index in [0.717, 1.165) is 44.8 Å². The van der Waals surface area contributed by atoms with Crippen molar-refractivity contribution in [3.05, 3.63) is 54.5 Å². The molecule has 2 aliphatic rings. The van der Waals surface area contributed by atoms with Crippen molar-refractivity contribution in [2.24, 2.45) is 5.92 Å². The van der Waals surface area contributed by atoms with Crippen molar-refractivity contribution in [3.8, 4) is 0 Å². The van der Waals surface area contributed by atoms with Crippen LogP contribution in [-0.2, 0) is 4.74 Å². The minimum Gasteiger partial charge on any atom is -0.376 e. The molecule has 2 aromatic rings. The first-order valence-electron chi connectivity index (χ1n) is 9.31. The van der Waals surface area contributed by atoms with Gasteiger partial charge in [0.05, 0.1) is 12.1 Å². The smallest absolute Gasteiger partial charge is 0.272 e. The highest BCUT2D eigenvalue weighted by Crippen LogP contribution is 2.31. The summed E-state index contributed by atoms with van der Waals surface area (Å²) in [6.07, 6.45) is 6.57. The second-order valence-corrected chi connectivity index (χ2v) is 6.93. The number of nitrogens with one attached hydrogen (secondary N) is 1. The largest absolute Gasteiger partial charge is 0.376 e. The predicted molar refractivity (Wildman–Crippen MR) is 98.9 cm³/mol. The molecule has 0 aliphatic carbocycles. The third-order valence-electron chi connectivity index (χ3n) is 5.31. The van der Waals surface area contributed by atoms with Crippen molar-refractivity contribution in [2.75, 3.05) is 25.0 Å². The summed E-state index contributed by atoms with van der Waals surface area (Å²) in [6, 6.07) is 11.6. The quantitative estimate of drug-likeness (QED) is 0.916. The van der Waals surface area contributed by atoms with Crippen LogP contribution in [-0.4, -0.2) is 52.6 Å². The number of hydrogen-bond donors (Lipinski definition) is 1. The van der Waals surface area contributed by atoms with Gasteiger partial charge in [0.25, 0.3) is 5.91 Å². The van der Waals surface area contributed by atoms with E-state index in [2.05, 4.69) is 15.3 Å². The molecule has 2 saturated heterocycles. The number of ether oxygens (including phenoxy) is 1. The van der Waals surface area contributed by atoms with Gasteiger partial charge in [-0.2, -0.15) is 0 Å². The lowest BCUT2D eigenvalue weighted by Crippen LogP contribution is -2.44. The Kier molecular flexibility index (Phi) is 5.11. The molecule has 2 atom stereocenters. The summed E-state index contributed by atoms with van der Waals surface area (Å²) in [4.78, 5) is 23.0. The summed E-state index contributed by atoms with van der Waals surface area (Å²) in [5.74, 6) is 1.39. The SMILES string of the molecule is O=C(c1ccccn1)N1CCC([C@@H]2OCC[C@H]2Nc2ccccn2)CC1. The Labute approximate surface area is 153 Å². The van der Waals surface area contributed by atoms with Gasteiger partial charge in [-0.1, -0.05) is 12.1 Å². The molecule has 0 radical (unpaired) electrons. The first-order valence-corrected chi connectivity index (χ1v) is 9.31. The number of amides is 1. The van der Waals surface area contributed by atoms with E-state index in [4.69, 9.17) is 4.74 Å². The molecule has 2 fully saturated rings. The zero-order valence-electron chi connectivity index (χ0n) is 14.8. The highest BCUT2D eigenvalue weighted by Gasteiger charge is 2.37. The Morgan fingerprint density at radius 1 is 1.04 bits per heavy atom. The average Bonchev–Trinajstić information content (AvgIpc) is 3.17. The molecule has 26 heavy (non-hydrogen) atoms. The maximum Gasteiger partial charge on any atom is 0.272 e. The van der Waals surface area contributed by atoms with Crippen molar-refractivity contribution in [1.29, 1.82) is 0 Å². The lowest BCUT2D eigenvalue weighted by molar-refractivity contribution is 0.0259. The van der Waals surface area contributed by atoms with Gasteiger partial charge in [0, 0.05) is 32.1 Å². The van der Waals surface area contributed by atoms with Crippen LogP contribution in [0.3, 0.4) is 0 Å². The molecular formula is C20H24N4O2. The molecular weight excluding hydrogens is 328 g/mol. The van der Waals surface area contributed by atoms with Crippen molar-refractivity contribution >= 4 is 11.7 Å². The van der Waals surface area contributed by atoms with Gasteiger partial charge in [-0.05, 0) is 49.4 Å². The number of nitrogens with zero attached hydrogens (tertiary/aromatic N) is 3. The van der Waals surface area contributed by atoms with Crippen molar-refractivity contribution in [2.45, 2.75) is 31.4 Å². The average molecular weight is 352 g/mol. The number of rotatable bonds is 4. The summed E-state index contributed by atoms with van der Waals surface area (Å²) in [7, 11) is 0. The lowest BCUT2D eigenvalue weighted by atomic mass is 9.87. The predicted octanol–water partition coefficient (Wildman–Crippen LogP) is 2.60. The Balaban J connectivity index is 1.34. The number of carbonyl (C=O) groups is 1.